The molecule has 0 amide bonds. The lowest BCUT2D eigenvalue weighted by atomic mass is 10.2. The van der Waals surface area contributed by atoms with Crippen molar-refractivity contribution < 1.29 is 22.7 Å². The number of hydrogen-bond donors (Lipinski definition) is 0. The molecule has 0 aliphatic heterocycles. The summed E-state index contributed by atoms with van der Waals surface area (Å²) in [5, 5.41) is 0.392. The summed E-state index contributed by atoms with van der Waals surface area (Å²) in [6.45, 7) is 0.255. The van der Waals surface area contributed by atoms with Crippen molar-refractivity contribution in [3.63, 3.8) is 0 Å². The first-order valence-electron chi connectivity index (χ1n) is 8.95. The van der Waals surface area contributed by atoms with Gasteiger partial charge in [-0.3, -0.25) is 4.57 Å². The molecule has 0 bridgehead atoms. The summed E-state index contributed by atoms with van der Waals surface area (Å²) in [4.78, 5) is 16.9. The molecule has 0 atom stereocenters. The van der Waals surface area contributed by atoms with Crippen molar-refractivity contribution in [1.29, 1.82) is 0 Å². The minimum absolute atomic E-state index is 0.101. The van der Waals surface area contributed by atoms with Gasteiger partial charge in [0.1, 0.15) is 17.4 Å². The van der Waals surface area contributed by atoms with Crippen molar-refractivity contribution in [3.05, 3.63) is 71.1 Å². The van der Waals surface area contributed by atoms with Gasteiger partial charge in [-0.2, -0.15) is 0 Å². The van der Waals surface area contributed by atoms with E-state index in [0.717, 1.165) is 23.2 Å². The number of hydrogen-bond acceptors (Lipinski definition) is 7. The van der Waals surface area contributed by atoms with E-state index in [9.17, 15) is 13.2 Å². The highest BCUT2D eigenvalue weighted by molar-refractivity contribution is 7.90. The highest BCUT2D eigenvalue weighted by Crippen LogP contribution is 2.36. The van der Waals surface area contributed by atoms with Gasteiger partial charge in [0.05, 0.1) is 18.1 Å². The summed E-state index contributed by atoms with van der Waals surface area (Å²) in [6.07, 6.45) is 1.10. The third-order valence-electron chi connectivity index (χ3n) is 4.37. The van der Waals surface area contributed by atoms with Gasteiger partial charge in [-0.25, -0.2) is 18.2 Å². The van der Waals surface area contributed by atoms with Crippen molar-refractivity contribution in [1.82, 2.24) is 9.55 Å². The van der Waals surface area contributed by atoms with Crippen molar-refractivity contribution in [3.8, 4) is 10.8 Å². The monoisotopic (exact) mass is 442 g/mol. The van der Waals surface area contributed by atoms with Crippen LogP contribution >= 0.6 is 11.3 Å². The van der Waals surface area contributed by atoms with E-state index in [2.05, 4.69) is 4.98 Å². The van der Waals surface area contributed by atoms with Gasteiger partial charge in [0.25, 0.3) is 0 Å². The summed E-state index contributed by atoms with van der Waals surface area (Å²) in [5.74, 6) is -0.234. The predicted octanol–water partition coefficient (Wildman–Crippen LogP) is 3.86. The van der Waals surface area contributed by atoms with Gasteiger partial charge in [-0.1, -0.05) is 42.5 Å². The number of rotatable bonds is 6. The fraction of sp³-hybridized carbons (Fsp3) is 0.143. The normalized spacial score (nSPS) is 11.5. The first-order valence-corrected chi connectivity index (χ1v) is 11.7. The van der Waals surface area contributed by atoms with Crippen molar-refractivity contribution in [2.75, 3.05) is 13.4 Å². The van der Waals surface area contributed by atoms with E-state index in [-0.39, 0.29) is 16.6 Å². The molecule has 154 valence electrons. The number of benzene rings is 2. The van der Waals surface area contributed by atoms with Gasteiger partial charge < -0.3 is 9.47 Å². The molecule has 0 saturated heterocycles. The average Bonchev–Trinajstić information content (AvgIpc) is 3.33. The van der Waals surface area contributed by atoms with Gasteiger partial charge in [-0.15, -0.1) is 11.3 Å². The van der Waals surface area contributed by atoms with E-state index in [1.807, 2.05) is 30.3 Å². The molecule has 0 spiro atoms. The Labute approximate surface area is 177 Å². The number of esters is 1. The second-order valence-corrected chi connectivity index (χ2v) is 9.47. The lowest BCUT2D eigenvalue weighted by molar-refractivity contribution is 0.0601. The molecule has 7 nitrogen and oxygen atoms in total. The molecule has 4 rings (SSSR count). The van der Waals surface area contributed by atoms with Crippen LogP contribution in [0.25, 0.3) is 16.0 Å². The topological polar surface area (TPSA) is 87.5 Å². The highest BCUT2D eigenvalue weighted by atomic mass is 32.2. The molecule has 0 fully saturated rings. The molecule has 0 radical (unpaired) electrons. The van der Waals surface area contributed by atoms with Crippen molar-refractivity contribution in [2.24, 2.45) is 0 Å². The number of fused-ring (bicyclic) bond motifs is 1. The van der Waals surface area contributed by atoms with E-state index >= 15 is 0 Å². The summed E-state index contributed by atoms with van der Waals surface area (Å²) in [5.41, 5.74) is 2.09. The molecule has 0 saturated carbocycles. The van der Waals surface area contributed by atoms with Crippen LogP contribution in [0.1, 0.15) is 15.2 Å². The summed E-state index contributed by atoms with van der Waals surface area (Å²) in [6, 6.07) is 18.3. The Bertz CT molecular complexity index is 1320. The Hall–Kier alpha value is -3.17. The minimum atomic E-state index is -3.63. The van der Waals surface area contributed by atoms with E-state index in [0.29, 0.717) is 21.8 Å². The van der Waals surface area contributed by atoms with Gasteiger partial charge in [0.2, 0.25) is 15.0 Å². The third-order valence-corrected chi connectivity index (χ3v) is 6.39. The Morgan fingerprint density at radius 2 is 1.80 bits per heavy atom. The lowest BCUT2D eigenvalue weighted by Crippen LogP contribution is -2.06. The number of aromatic nitrogens is 2. The molecule has 0 aliphatic carbocycles. The molecular formula is C21H18N2O5S2. The zero-order valence-corrected chi connectivity index (χ0v) is 17.9. The van der Waals surface area contributed by atoms with Gasteiger partial charge in [0.15, 0.2) is 4.88 Å². The highest BCUT2D eigenvalue weighted by Gasteiger charge is 2.25. The van der Waals surface area contributed by atoms with Crippen LogP contribution in [0.4, 0.5) is 0 Å². The zero-order chi connectivity index (χ0) is 21.3. The molecule has 2 aromatic carbocycles. The summed E-state index contributed by atoms with van der Waals surface area (Å²) < 4.78 is 37.1. The quantitative estimate of drug-likeness (QED) is 0.422. The number of carbonyl (C=O) groups excluding carboxylic acids is 1. The fourth-order valence-electron chi connectivity index (χ4n) is 3.02. The van der Waals surface area contributed by atoms with Crippen LogP contribution in [0, 0.1) is 0 Å². The molecule has 9 heteroatoms. The molecular weight excluding hydrogens is 424 g/mol. The van der Waals surface area contributed by atoms with Crippen molar-refractivity contribution in [2.45, 2.75) is 11.8 Å². The van der Waals surface area contributed by atoms with Gasteiger partial charge >= 0.3 is 5.97 Å². The molecule has 0 aliphatic rings. The number of para-hydroxylation sites is 2. The molecule has 0 N–H and O–H groups in total. The maximum atomic E-state index is 12.4. The fourth-order valence-corrected chi connectivity index (χ4v) is 4.90. The third kappa shape index (κ3) is 3.81. The zero-order valence-electron chi connectivity index (χ0n) is 16.2. The Morgan fingerprint density at radius 1 is 1.10 bits per heavy atom. The van der Waals surface area contributed by atoms with Crippen LogP contribution in [0.3, 0.4) is 0 Å². The number of carbonyl (C=O) groups is 1. The second-order valence-electron chi connectivity index (χ2n) is 6.53. The number of imidazole rings is 1. The van der Waals surface area contributed by atoms with Crippen LogP contribution in [0.5, 0.6) is 5.75 Å². The number of nitrogens with zero attached hydrogens (tertiary/aromatic N) is 2. The van der Waals surface area contributed by atoms with Gasteiger partial charge in [0, 0.05) is 12.3 Å². The summed E-state index contributed by atoms with van der Waals surface area (Å²) >= 11 is 1.09. The van der Waals surface area contributed by atoms with Crippen LogP contribution in [0.15, 0.2) is 65.8 Å². The summed E-state index contributed by atoms with van der Waals surface area (Å²) in [7, 11) is -2.34. The Kier molecular flexibility index (Phi) is 5.31. The van der Waals surface area contributed by atoms with E-state index in [1.165, 1.54) is 11.7 Å². The number of thiophene rings is 1. The maximum absolute atomic E-state index is 12.4. The van der Waals surface area contributed by atoms with Gasteiger partial charge in [-0.05, 0) is 17.7 Å². The number of methoxy groups -OCH3 is 1. The standard InChI is InChI=1S/C21H18N2O5S2/c1-27-20(24)19-17(28-13-14-8-4-3-5-9-14)12-18(29-19)23-16-11-7-6-10-15(16)22-21(23)30(2,25)26/h3-12H,13H2,1-2H3. The minimum Gasteiger partial charge on any atom is -0.487 e. The molecule has 2 heterocycles. The molecule has 2 aromatic heterocycles. The Balaban J connectivity index is 1.84. The van der Waals surface area contributed by atoms with Crippen LogP contribution in [0.2, 0.25) is 0 Å². The van der Waals surface area contributed by atoms with Crippen molar-refractivity contribution >= 4 is 38.2 Å². The SMILES string of the molecule is COC(=O)c1sc(-n2c(S(C)(=O)=O)nc3ccccc32)cc1OCc1ccccc1. The van der Waals surface area contributed by atoms with Crippen LogP contribution < -0.4 is 4.74 Å². The molecule has 30 heavy (non-hydrogen) atoms. The molecule has 4 aromatic rings. The smallest absolute Gasteiger partial charge is 0.351 e. The first kappa shape index (κ1) is 20.1. The van der Waals surface area contributed by atoms with E-state index in [4.69, 9.17) is 9.47 Å². The van der Waals surface area contributed by atoms with Crippen LogP contribution in [-0.4, -0.2) is 37.3 Å². The number of ether oxygens (including phenoxy) is 2. The maximum Gasteiger partial charge on any atom is 0.351 e. The predicted molar refractivity (Wildman–Crippen MR) is 114 cm³/mol. The second kappa shape index (κ2) is 7.92. The largest absolute Gasteiger partial charge is 0.487 e. The average molecular weight is 443 g/mol. The van der Waals surface area contributed by atoms with Crippen LogP contribution in [-0.2, 0) is 21.2 Å². The number of sulfone groups is 1. The lowest BCUT2D eigenvalue weighted by Gasteiger charge is -2.06. The van der Waals surface area contributed by atoms with E-state index in [1.54, 1.807) is 30.3 Å². The van der Waals surface area contributed by atoms with E-state index < -0.39 is 15.8 Å². The Morgan fingerprint density at radius 3 is 2.50 bits per heavy atom. The first-order chi connectivity index (χ1) is 14.4. The molecule has 0 unspecified atom stereocenters.